The molecule has 1 rings (SSSR count). The second-order valence-corrected chi connectivity index (χ2v) is 5.15. The van der Waals surface area contributed by atoms with Gasteiger partial charge in [0.1, 0.15) is 0 Å². The minimum Gasteiger partial charge on any atom is -0.355 e. The molecule has 3 N–H and O–H groups in total. The van der Waals surface area contributed by atoms with Gasteiger partial charge in [-0.15, -0.1) is 0 Å². The van der Waals surface area contributed by atoms with Crippen molar-refractivity contribution < 1.29 is 4.79 Å². The second kappa shape index (κ2) is 4.52. The molecule has 0 heterocycles. The van der Waals surface area contributed by atoms with Crippen molar-refractivity contribution in [2.24, 2.45) is 16.6 Å². The minimum absolute atomic E-state index is 0.118. The van der Waals surface area contributed by atoms with Gasteiger partial charge in [0.2, 0.25) is 5.91 Å². The smallest absolute Gasteiger partial charge is 0.227 e. The highest BCUT2D eigenvalue weighted by Crippen LogP contribution is 2.47. The Balaban J connectivity index is 2.41. The third-order valence-electron chi connectivity index (χ3n) is 4.11. The topological polar surface area (TPSA) is 55.1 Å². The van der Waals surface area contributed by atoms with Crippen LogP contribution in [0.25, 0.3) is 0 Å². The van der Waals surface area contributed by atoms with Crippen LogP contribution in [0.3, 0.4) is 0 Å². The Labute approximate surface area is 92.8 Å². The average molecular weight is 212 g/mol. The summed E-state index contributed by atoms with van der Waals surface area (Å²) in [6, 6.07) is 0. The zero-order chi connectivity index (χ0) is 11.5. The van der Waals surface area contributed by atoms with Gasteiger partial charge < -0.3 is 11.1 Å². The van der Waals surface area contributed by atoms with Crippen LogP contribution in [-0.2, 0) is 4.79 Å². The lowest BCUT2D eigenvalue weighted by Gasteiger charge is -2.26. The van der Waals surface area contributed by atoms with E-state index in [1.165, 1.54) is 19.3 Å². The molecule has 0 aliphatic heterocycles. The van der Waals surface area contributed by atoms with Gasteiger partial charge in [0.15, 0.2) is 0 Å². The van der Waals surface area contributed by atoms with Crippen LogP contribution in [0.4, 0.5) is 0 Å². The molecule has 0 aromatic carbocycles. The molecule has 1 unspecified atom stereocenters. The summed E-state index contributed by atoms with van der Waals surface area (Å²) in [4.78, 5) is 11.9. The van der Waals surface area contributed by atoms with E-state index >= 15 is 0 Å². The van der Waals surface area contributed by atoms with Crippen molar-refractivity contribution in [3.8, 4) is 0 Å². The van der Waals surface area contributed by atoms with Gasteiger partial charge in [-0.05, 0) is 38.0 Å². The molecule has 15 heavy (non-hydrogen) atoms. The van der Waals surface area contributed by atoms with Crippen LogP contribution in [0.5, 0.6) is 0 Å². The number of hydrogen-bond donors (Lipinski definition) is 2. The van der Waals surface area contributed by atoms with E-state index in [4.69, 9.17) is 5.73 Å². The summed E-state index contributed by atoms with van der Waals surface area (Å²) in [6.45, 7) is 7.40. The Morgan fingerprint density at radius 3 is 2.40 bits per heavy atom. The Bertz CT molecular complexity index is 230. The molecule has 1 saturated carbocycles. The highest BCUT2D eigenvalue weighted by molar-refractivity contribution is 5.82. The van der Waals surface area contributed by atoms with Gasteiger partial charge in [0, 0.05) is 13.1 Å². The minimum atomic E-state index is -0.385. The Kier molecular flexibility index (Phi) is 3.77. The molecule has 0 saturated heterocycles. The first-order valence-corrected chi connectivity index (χ1v) is 6.00. The van der Waals surface area contributed by atoms with Crippen LogP contribution in [-0.4, -0.2) is 19.0 Å². The van der Waals surface area contributed by atoms with E-state index in [9.17, 15) is 4.79 Å². The van der Waals surface area contributed by atoms with Crippen LogP contribution >= 0.6 is 0 Å². The van der Waals surface area contributed by atoms with Crippen LogP contribution in [0, 0.1) is 10.8 Å². The van der Waals surface area contributed by atoms with Crippen molar-refractivity contribution in [2.45, 2.75) is 46.5 Å². The molecule has 1 amide bonds. The number of amides is 1. The fourth-order valence-corrected chi connectivity index (χ4v) is 1.71. The Morgan fingerprint density at radius 1 is 1.47 bits per heavy atom. The van der Waals surface area contributed by atoms with Gasteiger partial charge in [-0.2, -0.15) is 0 Å². The maximum absolute atomic E-state index is 11.9. The standard InChI is InChI=1S/C12H24N2O/c1-4-11(3,8-13)10(15)14-9-12(5-2)6-7-12/h4-9,13H2,1-3H3,(H,14,15). The molecule has 1 aliphatic carbocycles. The van der Waals surface area contributed by atoms with E-state index in [1.54, 1.807) is 0 Å². The number of nitrogens with two attached hydrogens (primary N) is 1. The quantitative estimate of drug-likeness (QED) is 0.703. The van der Waals surface area contributed by atoms with E-state index in [0.717, 1.165) is 13.0 Å². The van der Waals surface area contributed by atoms with Crippen molar-refractivity contribution >= 4 is 5.91 Å². The number of rotatable bonds is 6. The lowest BCUT2D eigenvalue weighted by molar-refractivity contribution is -0.130. The molecule has 1 fully saturated rings. The average Bonchev–Trinajstić information content (AvgIpc) is 3.05. The fourth-order valence-electron chi connectivity index (χ4n) is 1.71. The summed E-state index contributed by atoms with van der Waals surface area (Å²) in [6.07, 6.45) is 4.48. The number of carbonyl (C=O) groups excluding carboxylic acids is 1. The Hall–Kier alpha value is -0.570. The van der Waals surface area contributed by atoms with Crippen molar-refractivity contribution in [2.75, 3.05) is 13.1 Å². The lowest BCUT2D eigenvalue weighted by Crippen LogP contribution is -2.45. The number of nitrogens with one attached hydrogen (secondary N) is 1. The molecule has 3 heteroatoms. The summed E-state index contributed by atoms with van der Waals surface area (Å²) in [5.74, 6) is 0.118. The molecule has 88 valence electrons. The van der Waals surface area contributed by atoms with Crippen LogP contribution < -0.4 is 11.1 Å². The van der Waals surface area contributed by atoms with E-state index in [-0.39, 0.29) is 11.3 Å². The highest BCUT2D eigenvalue weighted by Gasteiger charge is 2.41. The van der Waals surface area contributed by atoms with Gasteiger partial charge in [0.05, 0.1) is 5.41 Å². The van der Waals surface area contributed by atoms with Crippen molar-refractivity contribution in [3.63, 3.8) is 0 Å². The van der Waals surface area contributed by atoms with Crippen LogP contribution in [0.2, 0.25) is 0 Å². The van der Waals surface area contributed by atoms with Gasteiger partial charge in [-0.1, -0.05) is 13.8 Å². The molecule has 1 aliphatic rings. The van der Waals surface area contributed by atoms with E-state index in [1.807, 2.05) is 13.8 Å². The molecule has 1 atom stereocenters. The third kappa shape index (κ3) is 2.71. The summed E-state index contributed by atoms with van der Waals surface area (Å²) in [5.41, 5.74) is 5.68. The maximum Gasteiger partial charge on any atom is 0.227 e. The molecular formula is C12H24N2O. The van der Waals surface area contributed by atoms with Gasteiger partial charge in [-0.3, -0.25) is 4.79 Å². The van der Waals surface area contributed by atoms with Gasteiger partial charge in [-0.25, -0.2) is 0 Å². The molecule has 0 aromatic rings. The van der Waals surface area contributed by atoms with Crippen LogP contribution in [0.15, 0.2) is 0 Å². The molecule has 0 spiro atoms. The predicted octanol–water partition coefficient (Wildman–Crippen LogP) is 1.67. The zero-order valence-corrected chi connectivity index (χ0v) is 10.2. The number of carbonyl (C=O) groups is 1. The number of hydrogen-bond acceptors (Lipinski definition) is 2. The van der Waals surface area contributed by atoms with E-state index in [0.29, 0.717) is 12.0 Å². The molecule has 3 nitrogen and oxygen atoms in total. The second-order valence-electron chi connectivity index (χ2n) is 5.15. The highest BCUT2D eigenvalue weighted by atomic mass is 16.2. The lowest BCUT2D eigenvalue weighted by atomic mass is 9.86. The van der Waals surface area contributed by atoms with E-state index < -0.39 is 0 Å². The zero-order valence-electron chi connectivity index (χ0n) is 10.2. The largest absolute Gasteiger partial charge is 0.355 e. The molecular weight excluding hydrogens is 188 g/mol. The third-order valence-corrected chi connectivity index (χ3v) is 4.11. The van der Waals surface area contributed by atoms with Gasteiger partial charge in [0.25, 0.3) is 0 Å². The maximum atomic E-state index is 11.9. The first-order chi connectivity index (χ1) is 7.02. The molecule has 0 aromatic heterocycles. The SMILES string of the molecule is CCC1(CNC(=O)C(C)(CC)CN)CC1. The van der Waals surface area contributed by atoms with Gasteiger partial charge >= 0.3 is 0 Å². The van der Waals surface area contributed by atoms with Crippen molar-refractivity contribution in [3.05, 3.63) is 0 Å². The van der Waals surface area contributed by atoms with Crippen molar-refractivity contribution in [1.29, 1.82) is 0 Å². The summed E-state index contributed by atoms with van der Waals surface area (Å²) < 4.78 is 0. The first-order valence-electron chi connectivity index (χ1n) is 6.00. The Morgan fingerprint density at radius 2 is 2.07 bits per heavy atom. The predicted molar refractivity (Wildman–Crippen MR) is 62.4 cm³/mol. The summed E-state index contributed by atoms with van der Waals surface area (Å²) in [5, 5.41) is 3.06. The molecule has 0 bridgehead atoms. The fraction of sp³-hybridized carbons (Fsp3) is 0.917. The first kappa shape index (κ1) is 12.5. The monoisotopic (exact) mass is 212 g/mol. The summed E-state index contributed by atoms with van der Waals surface area (Å²) >= 11 is 0. The van der Waals surface area contributed by atoms with Crippen LogP contribution in [0.1, 0.15) is 46.5 Å². The summed E-state index contributed by atoms with van der Waals surface area (Å²) in [7, 11) is 0. The molecule has 0 radical (unpaired) electrons. The normalized spacial score (nSPS) is 21.9. The van der Waals surface area contributed by atoms with E-state index in [2.05, 4.69) is 12.2 Å². The van der Waals surface area contributed by atoms with Crippen molar-refractivity contribution in [1.82, 2.24) is 5.32 Å².